The fraction of sp³-hybridized carbons (Fsp3) is 0.211. The lowest BCUT2D eigenvalue weighted by Gasteiger charge is -2.15. The lowest BCUT2D eigenvalue weighted by Crippen LogP contribution is -2.36. The standard InChI is InChI=1S/C19H18ClN3O3/c20-16-6-7-17(24)14(8-16)10-21-22-18(25)12-23-11-15(9-19(23)26)13-4-2-1-3-5-13/h1-8,10,15,24H,9,11-12H2,(H,22,25)/b21-10+. The van der Waals surface area contributed by atoms with Crippen LogP contribution in [0.3, 0.4) is 0 Å². The summed E-state index contributed by atoms with van der Waals surface area (Å²) in [6.45, 7) is 0.454. The normalized spacial score (nSPS) is 17.0. The first kappa shape index (κ1) is 17.9. The van der Waals surface area contributed by atoms with Crippen molar-refractivity contribution in [3.63, 3.8) is 0 Å². The first-order chi connectivity index (χ1) is 12.5. The van der Waals surface area contributed by atoms with Gasteiger partial charge in [-0.3, -0.25) is 9.59 Å². The molecule has 1 atom stereocenters. The average molecular weight is 372 g/mol. The lowest BCUT2D eigenvalue weighted by molar-refractivity contribution is -0.133. The molecule has 2 aromatic rings. The summed E-state index contributed by atoms with van der Waals surface area (Å²) in [6, 6.07) is 14.3. The van der Waals surface area contributed by atoms with Crippen LogP contribution in [-0.4, -0.2) is 41.1 Å². The smallest absolute Gasteiger partial charge is 0.259 e. The molecule has 2 N–H and O–H groups in total. The third kappa shape index (κ3) is 4.40. The van der Waals surface area contributed by atoms with Crippen LogP contribution in [0, 0.1) is 0 Å². The van der Waals surface area contributed by atoms with E-state index in [1.54, 1.807) is 6.07 Å². The number of likely N-dealkylation sites (tertiary alicyclic amines) is 1. The Hall–Kier alpha value is -2.86. The summed E-state index contributed by atoms with van der Waals surface area (Å²) in [5.74, 6) is -0.341. The van der Waals surface area contributed by atoms with Crippen molar-refractivity contribution in [3.05, 3.63) is 64.7 Å². The van der Waals surface area contributed by atoms with E-state index in [0.29, 0.717) is 23.6 Å². The van der Waals surface area contributed by atoms with Gasteiger partial charge in [-0.25, -0.2) is 5.43 Å². The Bertz CT molecular complexity index is 839. The van der Waals surface area contributed by atoms with Crippen molar-refractivity contribution in [2.45, 2.75) is 12.3 Å². The van der Waals surface area contributed by atoms with Gasteiger partial charge in [0.05, 0.1) is 6.21 Å². The molecule has 1 fully saturated rings. The second-order valence-electron chi connectivity index (χ2n) is 6.08. The van der Waals surface area contributed by atoms with Crippen molar-refractivity contribution in [2.24, 2.45) is 5.10 Å². The highest BCUT2D eigenvalue weighted by molar-refractivity contribution is 6.30. The predicted molar refractivity (Wildman–Crippen MR) is 99.2 cm³/mol. The molecule has 1 aliphatic rings. The van der Waals surface area contributed by atoms with Gasteiger partial charge in [0.25, 0.3) is 5.91 Å². The van der Waals surface area contributed by atoms with Crippen molar-refractivity contribution < 1.29 is 14.7 Å². The Labute approximate surface area is 156 Å². The summed E-state index contributed by atoms with van der Waals surface area (Å²) < 4.78 is 0. The minimum Gasteiger partial charge on any atom is -0.507 e. The third-order valence-electron chi connectivity index (χ3n) is 4.20. The molecule has 1 saturated heterocycles. The molecular formula is C19H18ClN3O3. The molecule has 0 aliphatic carbocycles. The summed E-state index contributed by atoms with van der Waals surface area (Å²) in [5.41, 5.74) is 3.85. The van der Waals surface area contributed by atoms with Gasteiger partial charge in [-0.15, -0.1) is 0 Å². The molecule has 1 heterocycles. The summed E-state index contributed by atoms with van der Waals surface area (Å²) in [7, 11) is 0. The molecule has 26 heavy (non-hydrogen) atoms. The fourth-order valence-electron chi connectivity index (χ4n) is 2.88. The van der Waals surface area contributed by atoms with Crippen molar-refractivity contribution in [1.82, 2.24) is 10.3 Å². The number of rotatable bonds is 5. The van der Waals surface area contributed by atoms with Crippen LogP contribution in [0.25, 0.3) is 0 Å². The Morgan fingerprint density at radius 2 is 2.08 bits per heavy atom. The van der Waals surface area contributed by atoms with E-state index in [9.17, 15) is 14.7 Å². The molecule has 1 unspecified atom stereocenters. The number of halogens is 1. The van der Waals surface area contributed by atoms with E-state index in [1.165, 1.54) is 23.2 Å². The minimum atomic E-state index is -0.398. The van der Waals surface area contributed by atoms with Gasteiger partial charge in [0.2, 0.25) is 5.91 Å². The second-order valence-corrected chi connectivity index (χ2v) is 6.52. The first-order valence-corrected chi connectivity index (χ1v) is 8.54. The van der Waals surface area contributed by atoms with Gasteiger partial charge in [0.1, 0.15) is 12.3 Å². The van der Waals surface area contributed by atoms with E-state index in [1.807, 2.05) is 30.3 Å². The van der Waals surface area contributed by atoms with Crippen molar-refractivity contribution in [2.75, 3.05) is 13.1 Å². The molecule has 3 rings (SSSR count). The van der Waals surface area contributed by atoms with Crippen LogP contribution in [-0.2, 0) is 9.59 Å². The number of amides is 2. The third-order valence-corrected chi connectivity index (χ3v) is 4.44. The maximum atomic E-state index is 12.1. The first-order valence-electron chi connectivity index (χ1n) is 8.16. The van der Waals surface area contributed by atoms with Gasteiger partial charge in [0, 0.05) is 29.5 Å². The fourth-order valence-corrected chi connectivity index (χ4v) is 3.07. The molecule has 2 amide bonds. The van der Waals surface area contributed by atoms with Crippen LogP contribution in [0.4, 0.5) is 0 Å². The number of phenolic OH excluding ortho intramolecular Hbond substituents is 1. The second kappa shape index (κ2) is 8.01. The molecule has 2 aromatic carbocycles. The number of nitrogens with one attached hydrogen (secondary N) is 1. The Balaban J connectivity index is 1.54. The number of aromatic hydroxyl groups is 1. The number of hydrazone groups is 1. The maximum Gasteiger partial charge on any atom is 0.259 e. The molecule has 134 valence electrons. The molecule has 0 aromatic heterocycles. The van der Waals surface area contributed by atoms with Gasteiger partial charge < -0.3 is 10.0 Å². The molecule has 0 saturated carbocycles. The van der Waals surface area contributed by atoms with Crippen molar-refractivity contribution in [3.8, 4) is 5.75 Å². The van der Waals surface area contributed by atoms with E-state index in [2.05, 4.69) is 10.5 Å². The largest absolute Gasteiger partial charge is 0.507 e. The molecule has 0 radical (unpaired) electrons. The van der Waals surface area contributed by atoms with Gasteiger partial charge >= 0.3 is 0 Å². The number of benzene rings is 2. The highest BCUT2D eigenvalue weighted by Crippen LogP contribution is 2.27. The van der Waals surface area contributed by atoms with E-state index < -0.39 is 5.91 Å². The summed E-state index contributed by atoms with van der Waals surface area (Å²) in [4.78, 5) is 25.7. The topological polar surface area (TPSA) is 82.0 Å². The number of nitrogens with zero attached hydrogens (tertiary/aromatic N) is 2. The molecule has 7 heteroatoms. The van der Waals surface area contributed by atoms with Crippen molar-refractivity contribution in [1.29, 1.82) is 0 Å². The Morgan fingerprint density at radius 1 is 1.31 bits per heavy atom. The van der Waals surface area contributed by atoms with Crippen LogP contribution in [0.5, 0.6) is 5.75 Å². The van der Waals surface area contributed by atoms with Gasteiger partial charge in [-0.05, 0) is 23.8 Å². The van der Waals surface area contributed by atoms with Crippen molar-refractivity contribution >= 4 is 29.6 Å². The number of hydrogen-bond acceptors (Lipinski definition) is 4. The quantitative estimate of drug-likeness (QED) is 0.626. The highest BCUT2D eigenvalue weighted by Gasteiger charge is 2.31. The molecule has 1 aliphatic heterocycles. The molecule has 6 nitrogen and oxygen atoms in total. The number of phenols is 1. The van der Waals surface area contributed by atoms with E-state index >= 15 is 0 Å². The Morgan fingerprint density at radius 3 is 2.85 bits per heavy atom. The molecular weight excluding hydrogens is 354 g/mol. The Kier molecular flexibility index (Phi) is 5.53. The van der Waals surface area contributed by atoms with Gasteiger partial charge in [-0.1, -0.05) is 41.9 Å². The highest BCUT2D eigenvalue weighted by atomic mass is 35.5. The lowest BCUT2D eigenvalue weighted by atomic mass is 9.99. The average Bonchev–Trinajstić information content (AvgIpc) is 2.99. The van der Waals surface area contributed by atoms with E-state index in [4.69, 9.17) is 11.6 Å². The maximum absolute atomic E-state index is 12.1. The number of carbonyl (C=O) groups excluding carboxylic acids is 2. The monoisotopic (exact) mass is 371 g/mol. The van der Waals surface area contributed by atoms with Crippen LogP contribution in [0.2, 0.25) is 5.02 Å². The zero-order valence-electron chi connectivity index (χ0n) is 13.9. The van der Waals surface area contributed by atoms with Gasteiger partial charge in [-0.2, -0.15) is 5.10 Å². The van der Waals surface area contributed by atoms with E-state index in [-0.39, 0.29) is 24.1 Å². The summed E-state index contributed by atoms with van der Waals surface area (Å²) >= 11 is 5.85. The summed E-state index contributed by atoms with van der Waals surface area (Å²) in [5, 5.41) is 13.9. The number of hydrogen-bond donors (Lipinski definition) is 2. The zero-order valence-corrected chi connectivity index (χ0v) is 14.7. The van der Waals surface area contributed by atoms with Gasteiger partial charge in [0.15, 0.2) is 0 Å². The molecule has 0 spiro atoms. The summed E-state index contributed by atoms with van der Waals surface area (Å²) in [6.07, 6.45) is 1.70. The predicted octanol–water partition coefficient (Wildman–Crippen LogP) is 2.51. The molecule has 0 bridgehead atoms. The number of carbonyl (C=O) groups is 2. The van der Waals surface area contributed by atoms with E-state index in [0.717, 1.165) is 5.56 Å². The zero-order chi connectivity index (χ0) is 18.5. The minimum absolute atomic E-state index is 0.00724. The van der Waals surface area contributed by atoms with Crippen LogP contribution >= 0.6 is 11.6 Å². The van der Waals surface area contributed by atoms with Crippen LogP contribution in [0.1, 0.15) is 23.5 Å². The van der Waals surface area contributed by atoms with Crippen LogP contribution in [0.15, 0.2) is 53.6 Å². The SMILES string of the molecule is O=C(CN1CC(c2ccccc2)CC1=O)N/N=C/c1cc(Cl)ccc1O. The van der Waals surface area contributed by atoms with Crippen LogP contribution < -0.4 is 5.43 Å².